The molecule has 1 aliphatic heterocycles. The van der Waals surface area contributed by atoms with Crippen LogP contribution in [0.4, 0.5) is 5.69 Å². The maximum atomic E-state index is 10.8. The molecule has 0 aromatic carbocycles. The van der Waals surface area contributed by atoms with Crippen molar-refractivity contribution in [3.05, 3.63) is 12.0 Å². The Bertz CT molecular complexity index is 383. The van der Waals surface area contributed by atoms with Crippen molar-refractivity contribution in [3.8, 4) is 5.75 Å². The minimum Gasteiger partial charge on any atom is -0.483 e. The van der Waals surface area contributed by atoms with E-state index >= 15 is 0 Å². The van der Waals surface area contributed by atoms with Crippen LogP contribution in [-0.2, 0) is 0 Å². The Labute approximate surface area is 87.0 Å². The summed E-state index contributed by atoms with van der Waals surface area (Å²) < 4.78 is 10.5. The number of carboxylic acid groups (broad SMARTS) is 1. The Morgan fingerprint density at radius 3 is 3.00 bits per heavy atom. The largest absolute Gasteiger partial charge is 0.483 e. The molecule has 1 unspecified atom stereocenters. The Balaban J connectivity index is 2.26. The molecule has 0 spiro atoms. The maximum absolute atomic E-state index is 10.8. The zero-order valence-electron chi connectivity index (χ0n) is 8.61. The lowest BCUT2D eigenvalue weighted by molar-refractivity contribution is 0.0663. The van der Waals surface area contributed by atoms with Gasteiger partial charge < -0.3 is 19.6 Å². The van der Waals surface area contributed by atoms with Gasteiger partial charge in [-0.05, 0) is 5.92 Å². The van der Waals surface area contributed by atoms with Crippen molar-refractivity contribution in [1.29, 1.82) is 0 Å². The number of hydrogen-bond acceptors (Lipinski definition) is 4. The van der Waals surface area contributed by atoms with E-state index < -0.39 is 5.97 Å². The van der Waals surface area contributed by atoms with Gasteiger partial charge in [-0.25, -0.2) is 4.79 Å². The first kappa shape index (κ1) is 9.89. The van der Waals surface area contributed by atoms with Crippen LogP contribution in [0.5, 0.6) is 5.75 Å². The fraction of sp³-hybridized carbons (Fsp3) is 0.500. The summed E-state index contributed by atoms with van der Waals surface area (Å²) in [6, 6.07) is 0. The lowest BCUT2D eigenvalue weighted by atomic mass is 10.1. The molecule has 0 saturated carbocycles. The first-order chi connectivity index (χ1) is 7.09. The number of ether oxygens (including phenoxy) is 1. The van der Waals surface area contributed by atoms with Gasteiger partial charge in [0.2, 0.25) is 5.76 Å². The predicted molar refractivity (Wildman–Crippen MR) is 53.4 cm³/mol. The van der Waals surface area contributed by atoms with Gasteiger partial charge in [0.15, 0.2) is 5.75 Å². The second-order valence-electron chi connectivity index (χ2n) is 3.89. The molecular weight excluding hydrogens is 198 g/mol. The highest BCUT2D eigenvalue weighted by Crippen LogP contribution is 2.35. The third-order valence-corrected chi connectivity index (χ3v) is 2.45. The van der Waals surface area contributed by atoms with E-state index in [9.17, 15) is 4.79 Å². The topological polar surface area (TPSA) is 71.7 Å². The molecule has 5 nitrogen and oxygen atoms in total. The van der Waals surface area contributed by atoms with Crippen LogP contribution in [0.25, 0.3) is 0 Å². The van der Waals surface area contributed by atoms with Gasteiger partial charge in [0.05, 0.1) is 6.54 Å². The van der Waals surface area contributed by atoms with Crippen LogP contribution >= 0.6 is 0 Å². The average Bonchev–Trinajstić information content (AvgIpc) is 2.59. The molecule has 5 heteroatoms. The smallest absolute Gasteiger partial charge is 0.374 e. The number of carbonyl (C=O) groups is 1. The molecule has 2 N–H and O–H groups in total. The third kappa shape index (κ3) is 1.65. The molecule has 0 radical (unpaired) electrons. The van der Waals surface area contributed by atoms with Gasteiger partial charge in [-0.15, -0.1) is 0 Å². The van der Waals surface area contributed by atoms with Gasteiger partial charge in [-0.3, -0.25) is 0 Å². The zero-order valence-corrected chi connectivity index (χ0v) is 8.61. The van der Waals surface area contributed by atoms with E-state index in [1.165, 1.54) is 6.26 Å². The molecule has 0 bridgehead atoms. The van der Waals surface area contributed by atoms with E-state index in [1.807, 2.05) is 0 Å². The number of nitrogens with one attached hydrogen (secondary N) is 1. The monoisotopic (exact) mass is 211 g/mol. The molecule has 2 heterocycles. The molecule has 1 aromatic rings. The molecule has 1 atom stereocenters. The van der Waals surface area contributed by atoms with Gasteiger partial charge in [0.25, 0.3) is 0 Å². The summed E-state index contributed by atoms with van der Waals surface area (Å²) in [5, 5.41) is 11.8. The van der Waals surface area contributed by atoms with Crippen LogP contribution in [0.1, 0.15) is 24.4 Å². The Kier molecular flexibility index (Phi) is 2.30. The lowest BCUT2D eigenvalue weighted by Gasteiger charge is -2.27. The number of rotatable bonds is 2. The summed E-state index contributed by atoms with van der Waals surface area (Å²) in [5.74, 6) is -0.325. The van der Waals surface area contributed by atoms with Crippen LogP contribution in [0, 0.1) is 5.92 Å². The van der Waals surface area contributed by atoms with Crippen molar-refractivity contribution in [2.45, 2.75) is 20.0 Å². The number of furan rings is 1. The van der Waals surface area contributed by atoms with Crippen molar-refractivity contribution >= 4 is 11.7 Å². The fourth-order valence-corrected chi connectivity index (χ4v) is 1.53. The van der Waals surface area contributed by atoms with E-state index in [2.05, 4.69) is 19.2 Å². The summed E-state index contributed by atoms with van der Waals surface area (Å²) in [6.07, 6.45) is 1.39. The van der Waals surface area contributed by atoms with Crippen LogP contribution in [0.15, 0.2) is 10.7 Å². The number of anilines is 1. The summed E-state index contributed by atoms with van der Waals surface area (Å²) >= 11 is 0. The quantitative estimate of drug-likeness (QED) is 0.780. The lowest BCUT2D eigenvalue weighted by Crippen LogP contribution is -2.34. The summed E-state index contributed by atoms with van der Waals surface area (Å²) in [4.78, 5) is 10.8. The van der Waals surface area contributed by atoms with Crippen LogP contribution in [0.2, 0.25) is 0 Å². The van der Waals surface area contributed by atoms with Crippen molar-refractivity contribution in [3.63, 3.8) is 0 Å². The van der Waals surface area contributed by atoms with Gasteiger partial charge >= 0.3 is 5.97 Å². The molecule has 0 saturated heterocycles. The van der Waals surface area contributed by atoms with Gasteiger partial charge in [0.1, 0.15) is 18.1 Å². The molecule has 1 aliphatic rings. The molecule has 0 aliphatic carbocycles. The van der Waals surface area contributed by atoms with Gasteiger partial charge in [0, 0.05) is 0 Å². The number of fused-ring (bicyclic) bond motifs is 1. The van der Waals surface area contributed by atoms with Crippen molar-refractivity contribution < 1.29 is 19.1 Å². The van der Waals surface area contributed by atoms with Crippen molar-refractivity contribution in [2.75, 3.05) is 11.9 Å². The molecular formula is C10H13NO4. The second kappa shape index (κ2) is 3.49. The number of hydrogen-bond donors (Lipinski definition) is 2. The molecule has 2 rings (SSSR count). The van der Waals surface area contributed by atoms with E-state index in [-0.39, 0.29) is 11.9 Å². The third-order valence-electron chi connectivity index (χ3n) is 2.45. The van der Waals surface area contributed by atoms with E-state index in [1.54, 1.807) is 0 Å². The van der Waals surface area contributed by atoms with Crippen molar-refractivity contribution in [1.82, 2.24) is 0 Å². The van der Waals surface area contributed by atoms with Crippen molar-refractivity contribution in [2.24, 2.45) is 5.92 Å². The average molecular weight is 211 g/mol. The highest BCUT2D eigenvalue weighted by Gasteiger charge is 2.28. The molecule has 82 valence electrons. The van der Waals surface area contributed by atoms with Crippen LogP contribution < -0.4 is 10.1 Å². The van der Waals surface area contributed by atoms with E-state index in [0.29, 0.717) is 23.9 Å². The summed E-state index contributed by atoms with van der Waals surface area (Å²) in [7, 11) is 0. The predicted octanol–water partition coefficient (Wildman–Crippen LogP) is 1.81. The van der Waals surface area contributed by atoms with Gasteiger partial charge in [-0.1, -0.05) is 13.8 Å². The first-order valence-corrected chi connectivity index (χ1v) is 4.85. The minimum absolute atomic E-state index is 0.0525. The Morgan fingerprint density at radius 2 is 2.40 bits per heavy atom. The van der Waals surface area contributed by atoms with Gasteiger partial charge in [-0.2, -0.15) is 0 Å². The van der Waals surface area contributed by atoms with E-state index in [4.69, 9.17) is 14.3 Å². The highest BCUT2D eigenvalue weighted by molar-refractivity contribution is 5.93. The number of carboxylic acids is 1. The zero-order chi connectivity index (χ0) is 11.0. The normalized spacial score (nSPS) is 19.3. The SMILES string of the molecule is CC(C)C1CNc2c(coc2C(=O)O)O1. The molecule has 15 heavy (non-hydrogen) atoms. The van der Waals surface area contributed by atoms with E-state index in [0.717, 1.165) is 0 Å². The molecule has 0 amide bonds. The minimum atomic E-state index is -1.09. The van der Waals surface area contributed by atoms with Crippen LogP contribution in [0.3, 0.4) is 0 Å². The Morgan fingerprint density at radius 1 is 1.67 bits per heavy atom. The molecule has 0 fully saturated rings. The fourth-order valence-electron chi connectivity index (χ4n) is 1.53. The number of aromatic carboxylic acids is 1. The second-order valence-corrected chi connectivity index (χ2v) is 3.89. The summed E-state index contributed by atoms with van der Waals surface area (Å²) in [6.45, 7) is 4.70. The highest BCUT2D eigenvalue weighted by atomic mass is 16.5. The first-order valence-electron chi connectivity index (χ1n) is 4.85. The molecule has 1 aromatic heterocycles. The van der Waals surface area contributed by atoms with Crippen LogP contribution in [-0.4, -0.2) is 23.7 Å². The standard InChI is InChI=1S/C10H13NO4/c1-5(2)6-3-11-8-7(15-6)4-14-9(8)10(12)13/h4-6,11H,3H2,1-2H3,(H,12,13). The maximum Gasteiger partial charge on any atom is 0.374 e. The Hall–Kier alpha value is -1.65. The summed E-state index contributed by atoms with van der Waals surface area (Å²) in [5.41, 5.74) is 0.444.